The molecule has 7 heteroatoms. The molecule has 1 atom stereocenters. The number of rotatable bonds is 2. The van der Waals surface area contributed by atoms with Crippen molar-refractivity contribution in [2.75, 3.05) is 42.5 Å². The van der Waals surface area contributed by atoms with Crippen molar-refractivity contribution in [2.45, 2.75) is 19.3 Å². The molecule has 3 saturated heterocycles. The Balaban J connectivity index is 0.00000169. The third-order valence-electron chi connectivity index (χ3n) is 5.35. The summed E-state index contributed by atoms with van der Waals surface area (Å²) in [4.78, 5) is 27.2. The zero-order chi connectivity index (χ0) is 15.9. The third-order valence-corrected chi connectivity index (χ3v) is 5.35. The van der Waals surface area contributed by atoms with Crippen LogP contribution in [0.4, 0.5) is 16.2 Å². The zero-order valence-corrected chi connectivity index (χ0v) is 14.4. The number of hydrogen-bond acceptors (Lipinski definition) is 4. The molecule has 0 bridgehead atoms. The van der Waals surface area contributed by atoms with Gasteiger partial charge in [-0.25, -0.2) is 4.79 Å². The summed E-state index contributed by atoms with van der Waals surface area (Å²) in [5.41, 5.74) is 2.51. The molecule has 0 aromatic heterocycles. The van der Waals surface area contributed by atoms with Gasteiger partial charge in [0.15, 0.2) is 0 Å². The van der Waals surface area contributed by atoms with Crippen molar-refractivity contribution in [3.05, 3.63) is 24.3 Å². The van der Waals surface area contributed by atoms with E-state index in [1.807, 2.05) is 12.1 Å². The van der Waals surface area contributed by atoms with E-state index in [2.05, 4.69) is 27.7 Å². The summed E-state index contributed by atoms with van der Waals surface area (Å²) in [5, 5.41) is 5.84. The Morgan fingerprint density at radius 3 is 2.42 bits per heavy atom. The number of nitrogens with one attached hydrogen (secondary N) is 2. The Hall–Kier alpha value is -1.79. The minimum atomic E-state index is -0.328. The van der Waals surface area contributed by atoms with Gasteiger partial charge in [-0.1, -0.05) is 0 Å². The Bertz CT molecular complexity index is 628. The van der Waals surface area contributed by atoms with Crippen LogP contribution in [0, 0.1) is 5.41 Å². The second kappa shape index (κ2) is 6.61. The standard InChI is InChI=1S/C17H22N4O2.ClH/c22-15-5-9-21(16(23)19-15)14-3-1-13(2-4-14)20-10-7-17(12-20)6-8-18-11-17;/h1-4,18H,5-12H2,(H,19,22,23);1H. The van der Waals surface area contributed by atoms with Crippen LogP contribution in [0.5, 0.6) is 0 Å². The fourth-order valence-electron chi connectivity index (χ4n) is 3.95. The number of anilines is 2. The molecule has 4 rings (SSSR count). The van der Waals surface area contributed by atoms with Gasteiger partial charge in [0.25, 0.3) is 0 Å². The lowest BCUT2D eigenvalue weighted by molar-refractivity contribution is -0.120. The molecule has 3 amide bonds. The number of hydrogen-bond donors (Lipinski definition) is 2. The van der Waals surface area contributed by atoms with Gasteiger partial charge in [-0.3, -0.25) is 15.0 Å². The number of benzene rings is 1. The van der Waals surface area contributed by atoms with Crippen molar-refractivity contribution in [3.8, 4) is 0 Å². The molecule has 24 heavy (non-hydrogen) atoms. The van der Waals surface area contributed by atoms with Crippen LogP contribution in [-0.4, -0.2) is 44.7 Å². The minimum absolute atomic E-state index is 0. The van der Waals surface area contributed by atoms with Crippen LogP contribution < -0.4 is 20.4 Å². The van der Waals surface area contributed by atoms with Gasteiger partial charge in [-0.15, -0.1) is 12.4 Å². The minimum Gasteiger partial charge on any atom is -0.371 e. The highest BCUT2D eigenvalue weighted by molar-refractivity contribution is 6.05. The van der Waals surface area contributed by atoms with Gasteiger partial charge < -0.3 is 10.2 Å². The second-order valence-electron chi connectivity index (χ2n) is 6.87. The second-order valence-corrected chi connectivity index (χ2v) is 6.87. The van der Waals surface area contributed by atoms with Crippen molar-refractivity contribution in [3.63, 3.8) is 0 Å². The summed E-state index contributed by atoms with van der Waals surface area (Å²) in [5.74, 6) is -0.199. The largest absolute Gasteiger partial charge is 0.371 e. The topological polar surface area (TPSA) is 64.7 Å². The first kappa shape index (κ1) is 17.0. The quantitative estimate of drug-likeness (QED) is 0.853. The first-order valence-corrected chi connectivity index (χ1v) is 8.32. The SMILES string of the molecule is Cl.O=C1CCN(c2ccc(N3CCC4(CCNC4)C3)cc2)C(=O)N1. The lowest BCUT2D eigenvalue weighted by Gasteiger charge is -2.27. The lowest BCUT2D eigenvalue weighted by Crippen LogP contribution is -2.49. The predicted molar refractivity (Wildman–Crippen MR) is 95.9 cm³/mol. The van der Waals surface area contributed by atoms with Crippen LogP contribution in [0.2, 0.25) is 0 Å². The summed E-state index contributed by atoms with van der Waals surface area (Å²) >= 11 is 0. The molecule has 3 aliphatic heterocycles. The van der Waals surface area contributed by atoms with Crippen molar-refractivity contribution in [1.82, 2.24) is 10.6 Å². The first-order valence-electron chi connectivity index (χ1n) is 8.32. The molecule has 0 radical (unpaired) electrons. The Morgan fingerprint density at radius 1 is 1.00 bits per heavy atom. The third kappa shape index (κ3) is 3.08. The molecule has 1 unspecified atom stereocenters. The number of carbonyl (C=O) groups excluding carboxylic acids is 2. The summed E-state index contributed by atoms with van der Waals surface area (Å²) in [6.45, 7) is 4.92. The fourth-order valence-corrected chi connectivity index (χ4v) is 3.95. The fraction of sp³-hybridized carbons (Fsp3) is 0.529. The molecule has 2 N–H and O–H groups in total. The van der Waals surface area contributed by atoms with Gasteiger partial charge in [0.1, 0.15) is 0 Å². The Kier molecular flexibility index (Phi) is 4.69. The maximum absolute atomic E-state index is 11.9. The maximum atomic E-state index is 11.9. The molecule has 0 saturated carbocycles. The van der Waals surface area contributed by atoms with E-state index in [-0.39, 0.29) is 24.3 Å². The number of imide groups is 1. The number of halogens is 1. The average molecular weight is 351 g/mol. The van der Waals surface area contributed by atoms with Gasteiger partial charge in [-0.2, -0.15) is 0 Å². The van der Waals surface area contributed by atoms with Crippen molar-refractivity contribution < 1.29 is 9.59 Å². The molecule has 1 aromatic rings. The van der Waals surface area contributed by atoms with E-state index >= 15 is 0 Å². The molecule has 3 fully saturated rings. The highest BCUT2D eigenvalue weighted by Gasteiger charge is 2.40. The monoisotopic (exact) mass is 350 g/mol. The number of urea groups is 1. The van der Waals surface area contributed by atoms with Crippen LogP contribution in [0.25, 0.3) is 0 Å². The van der Waals surface area contributed by atoms with E-state index in [0.717, 1.165) is 31.9 Å². The van der Waals surface area contributed by atoms with Crippen LogP contribution in [0.1, 0.15) is 19.3 Å². The Labute approximate surface area is 148 Å². The first-order chi connectivity index (χ1) is 11.2. The number of amides is 3. The molecule has 1 spiro atoms. The summed E-state index contributed by atoms with van der Waals surface area (Å²) in [7, 11) is 0. The van der Waals surface area contributed by atoms with Crippen LogP contribution in [0.3, 0.4) is 0 Å². The molecular weight excluding hydrogens is 328 g/mol. The van der Waals surface area contributed by atoms with Gasteiger partial charge in [-0.05, 0) is 43.7 Å². The van der Waals surface area contributed by atoms with Gasteiger partial charge in [0.2, 0.25) is 5.91 Å². The van der Waals surface area contributed by atoms with Crippen molar-refractivity contribution in [2.24, 2.45) is 5.41 Å². The van der Waals surface area contributed by atoms with Crippen molar-refractivity contribution >= 4 is 35.7 Å². The average Bonchev–Trinajstić information content (AvgIpc) is 3.18. The van der Waals surface area contributed by atoms with Crippen molar-refractivity contribution in [1.29, 1.82) is 0 Å². The van der Waals surface area contributed by atoms with Gasteiger partial charge in [0.05, 0.1) is 0 Å². The number of nitrogens with zero attached hydrogens (tertiary/aromatic N) is 2. The summed E-state index contributed by atoms with van der Waals surface area (Å²) < 4.78 is 0. The van der Waals surface area contributed by atoms with Gasteiger partial charge in [0, 0.05) is 49.4 Å². The normalized spacial score (nSPS) is 26.7. The molecular formula is C17H23ClN4O2. The van der Waals surface area contributed by atoms with E-state index in [9.17, 15) is 9.59 Å². The van der Waals surface area contributed by atoms with Gasteiger partial charge >= 0.3 is 6.03 Å². The highest BCUT2D eigenvalue weighted by Crippen LogP contribution is 2.38. The number of carbonyl (C=O) groups is 2. The molecule has 0 aliphatic carbocycles. The van der Waals surface area contributed by atoms with Crippen LogP contribution in [0.15, 0.2) is 24.3 Å². The van der Waals surface area contributed by atoms with E-state index in [1.165, 1.54) is 18.5 Å². The van der Waals surface area contributed by atoms with Crippen LogP contribution in [-0.2, 0) is 4.79 Å². The summed E-state index contributed by atoms with van der Waals surface area (Å²) in [6.07, 6.45) is 2.87. The summed E-state index contributed by atoms with van der Waals surface area (Å²) in [6, 6.07) is 7.79. The maximum Gasteiger partial charge on any atom is 0.328 e. The highest BCUT2D eigenvalue weighted by atomic mass is 35.5. The molecule has 3 heterocycles. The zero-order valence-electron chi connectivity index (χ0n) is 13.6. The van der Waals surface area contributed by atoms with E-state index in [4.69, 9.17) is 0 Å². The van der Waals surface area contributed by atoms with E-state index < -0.39 is 0 Å². The van der Waals surface area contributed by atoms with E-state index in [0.29, 0.717) is 18.4 Å². The molecule has 6 nitrogen and oxygen atoms in total. The lowest BCUT2D eigenvalue weighted by atomic mass is 9.86. The molecule has 130 valence electrons. The predicted octanol–water partition coefficient (Wildman–Crippen LogP) is 1.74. The molecule has 3 aliphatic rings. The Morgan fingerprint density at radius 2 is 1.75 bits per heavy atom. The van der Waals surface area contributed by atoms with Crippen LogP contribution >= 0.6 is 12.4 Å². The van der Waals surface area contributed by atoms with E-state index in [1.54, 1.807) is 4.90 Å². The molecule has 1 aromatic carbocycles. The smallest absolute Gasteiger partial charge is 0.328 e.